The fourth-order valence-corrected chi connectivity index (χ4v) is 2.06. The largest absolute Gasteiger partial charge is 0.472 e. The maximum absolute atomic E-state index is 11.8. The first-order chi connectivity index (χ1) is 8.79. The molecule has 0 unspecified atom stereocenters. The molecule has 0 aliphatic heterocycles. The molecule has 94 valence electrons. The van der Waals surface area contributed by atoms with Crippen LogP contribution in [0.2, 0.25) is 0 Å². The van der Waals surface area contributed by atoms with Crippen molar-refractivity contribution in [1.82, 2.24) is 0 Å². The van der Waals surface area contributed by atoms with Crippen LogP contribution in [0.5, 0.6) is 0 Å². The topological polar surface area (TPSA) is 63.2 Å². The zero-order chi connectivity index (χ0) is 12.8. The molecule has 18 heavy (non-hydrogen) atoms. The average molecular weight is 245 g/mol. The number of nitrogens with zero attached hydrogens (tertiary/aromatic N) is 1. The molecule has 0 amide bonds. The first-order valence-electron chi connectivity index (χ1n) is 6.14. The van der Waals surface area contributed by atoms with Crippen molar-refractivity contribution in [3.8, 4) is 6.07 Å². The van der Waals surface area contributed by atoms with Crippen molar-refractivity contribution in [1.29, 1.82) is 5.26 Å². The second kappa shape index (κ2) is 6.06. The van der Waals surface area contributed by atoms with E-state index in [1.165, 1.54) is 25.0 Å². The van der Waals surface area contributed by atoms with Crippen LogP contribution in [-0.4, -0.2) is 12.1 Å². The molecule has 0 N–H and O–H groups in total. The van der Waals surface area contributed by atoms with Gasteiger partial charge in [0.2, 0.25) is 0 Å². The number of furan rings is 1. The third kappa shape index (κ3) is 3.24. The smallest absolute Gasteiger partial charge is 0.349 e. The molecule has 1 fully saturated rings. The Morgan fingerprint density at radius 3 is 2.83 bits per heavy atom. The zero-order valence-electron chi connectivity index (χ0n) is 10.1. The minimum atomic E-state index is -0.536. The number of rotatable bonds is 3. The van der Waals surface area contributed by atoms with Crippen LogP contribution in [0.1, 0.15) is 37.7 Å². The SMILES string of the molecule is N#C/C(=C\c1ccoc1)C(=O)OC1CCCCC1. The summed E-state index contributed by atoms with van der Waals surface area (Å²) in [5.74, 6) is -0.536. The Kier molecular flexibility index (Phi) is 4.19. The first-order valence-corrected chi connectivity index (χ1v) is 6.14. The van der Waals surface area contributed by atoms with Gasteiger partial charge >= 0.3 is 5.97 Å². The zero-order valence-corrected chi connectivity index (χ0v) is 10.1. The molecule has 0 atom stereocenters. The highest BCUT2D eigenvalue weighted by molar-refractivity contribution is 5.97. The highest BCUT2D eigenvalue weighted by Gasteiger charge is 2.20. The van der Waals surface area contributed by atoms with E-state index in [2.05, 4.69) is 0 Å². The monoisotopic (exact) mass is 245 g/mol. The summed E-state index contributed by atoms with van der Waals surface area (Å²) in [7, 11) is 0. The molecule has 1 heterocycles. The normalized spacial score (nSPS) is 17.2. The van der Waals surface area contributed by atoms with E-state index >= 15 is 0 Å². The van der Waals surface area contributed by atoms with E-state index < -0.39 is 5.97 Å². The van der Waals surface area contributed by atoms with Gasteiger partial charge in [0.1, 0.15) is 17.7 Å². The van der Waals surface area contributed by atoms with Crippen LogP contribution in [0.15, 0.2) is 28.6 Å². The van der Waals surface area contributed by atoms with Crippen molar-refractivity contribution in [2.45, 2.75) is 38.2 Å². The fraction of sp³-hybridized carbons (Fsp3) is 0.429. The quantitative estimate of drug-likeness (QED) is 0.466. The fourth-order valence-electron chi connectivity index (χ4n) is 2.06. The standard InChI is InChI=1S/C14H15NO3/c15-9-12(8-11-6-7-17-10-11)14(16)18-13-4-2-1-3-5-13/h6-8,10,13H,1-5H2/b12-8+. The summed E-state index contributed by atoms with van der Waals surface area (Å²) in [5.41, 5.74) is 0.703. The van der Waals surface area contributed by atoms with Crippen molar-refractivity contribution in [3.63, 3.8) is 0 Å². The van der Waals surface area contributed by atoms with Gasteiger partial charge in [-0.25, -0.2) is 4.79 Å². The molecule has 1 aliphatic rings. The lowest BCUT2D eigenvalue weighted by molar-refractivity contribution is -0.145. The number of carbonyl (C=O) groups excluding carboxylic acids is 1. The number of ether oxygens (including phenoxy) is 1. The van der Waals surface area contributed by atoms with Gasteiger partial charge in [-0.05, 0) is 37.8 Å². The summed E-state index contributed by atoms with van der Waals surface area (Å²) in [5, 5.41) is 8.98. The van der Waals surface area contributed by atoms with Crippen molar-refractivity contribution < 1.29 is 13.9 Å². The second-order valence-corrected chi connectivity index (χ2v) is 4.39. The van der Waals surface area contributed by atoms with Gasteiger partial charge in [0, 0.05) is 5.56 Å². The Morgan fingerprint density at radius 2 is 2.22 bits per heavy atom. The predicted octanol–water partition coefficient (Wildman–Crippen LogP) is 3.06. The molecule has 0 aromatic carbocycles. The van der Waals surface area contributed by atoms with Gasteiger partial charge in [-0.2, -0.15) is 5.26 Å². The predicted molar refractivity (Wildman–Crippen MR) is 65.3 cm³/mol. The number of nitriles is 1. The van der Waals surface area contributed by atoms with Crippen LogP contribution in [0.25, 0.3) is 6.08 Å². The van der Waals surface area contributed by atoms with Gasteiger partial charge in [0.15, 0.2) is 0 Å². The number of esters is 1. The van der Waals surface area contributed by atoms with E-state index in [4.69, 9.17) is 14.4 Å². The minimum Gasteiger partial charge on any atom is -0.472 e. The molecule has 0 radical (unpaired) electrons. The van der Waals surface area contributed by atoms with Crippen LogP contribution < -0.4 is 0 Å². The molecule has 1 saturated carbocycles. The van der Waals surface area contributed by atoms with E-state index in [-0.39, 0.29) is 11.7 Å². The highest BCUT2D eigenvalue weighted by Crippen LogP contribution is 2.21. The lowest BCUT2D eigenvalue weighted by Gasteiger charge is -2.21. The lowest BCUT2D eigenvalue weighted by Crippen LogP contribution is -2.21. The van der Waals surface area contributed by atoms with Crippen molar-refractivity contribution >= 4 is 12.0 Å². The number of hydrogen-bond acceptors (Lipinski definition) is 4. The van der Waals surface area contributed by atoms with Crippen molar-refractivity contribution in [3.05, 3.63) is 29.7 Å². The molecule has 2 rings (SSSR count). The summed E-state index contributed by atoms with van der Waals surface area (Å²) < 4.78 is 10.2. The molecule has 1 aliphatic carbocycles. The maximum Gasteiger partial charge on any atom is 0.349 e. The molecule has 0 bridgehead atoms. The minimum absolute atomic E-state index is 0.0157. The lowest BCUT2D eigenvalue weighted by atomic mass is 9.98. The molecule has 0 saturated heterocycles. The van der Waals surface area contributed by atoms with Crippen LogP contribution in [0.4, 0.5) is 0 Å². The van der Waals surface area contributed by atoms with E-state index in [0.717, 1.165) is 25.7 Å². The second-order valence-electron chi connectivity index (χ2n) is 4.39. The Hall–Kier alpha value is -2.02. The van der Waals surface area contributed by atoms with E-state index in [1.807, 2.05) is 6.07 Å². The molecular formula is C14H15NO3. The van der Waals surface area contributed by atoms with Gasteiger partial charge < -0.3 is 9.15 Å². The van der Waals surface area contributed by atoms with Gasteiger partial charge in [0.25, 0.3) is 0 Å². The van der Waals surface area contributed by atoms with Crippen LogP contribution in [-0.2, 0) is 9.53 Å². The first kappa shape index (κ1) is 12.4. The van der Waals surface area contributed by atoms with Gasteiger partial charge in [-0.3, -0.25) is 0 Å². The summed E-state index contributed by atoms with van der Waals surface area (Å²) >= 11 is 0. The summed E-state index contributed by atoms with van der Waals surface area (Å²) in [4.78, 5) is 11.8. The molecule has 1 aromatic rings. The molecule has 4 heteroatoms. The molecular weight excluding hydrogens is 230 g/mol. The van der Waals surface area contributed by atoms with Gasteiger partial charge in [-0.1, -0.05) is 6.42 Å². The summed E-state index contributed by atoms with van der Waals surface area (Å²) in [6.45, 7) is 0. The Morgan fingerprint density at radius 1 is 1.44 bits per heavy atom. The summed E-state index contributed by atoms with van der Waals surface area (Å²) in [6.07, 6.45) is 9.59. The molecule has 4 nitrogen and oxygen atoms in total. The Bertz CT molecular complexity index is 462. The van der Waals surface area contributed by atoms with Crippen LogP contribution in [0, 0.1) is 11.3 Å². The third-order valence-electron chi connectivity index (χ3n) is 3.02. The van der Waals surface area contributed by atoms with Crippen molar-refractivity contribution in [2.24, 2.45) is 0 Å². The third-order valence-corrected chi connectivity index (χ3v) is 3.02. The Labute approximate surface area is 106 Å². The van der Waals surface area contributed by atoms with Gasteiger partial charge in [0.05, 0.1) is 12.5 Å². The number of hydrogen-bond donors (Lipinski definition) is 0. The highest BCUT2D eigenvalue weighted by atomic mass is 16.5. The van der Waals surface area contributed by atoms with Crippen molar-refractivity contribution in [2.75, 3.05) is 0 Å². The van der Waals surface area contributed by atoms with E-state index in [0.29, 0.717) is 5.56 Å². The molecule has 0 spiro atoms. The number of carbonyl (C=O) groups is 1. The Balaban J connectivity index is 2.00. The van der Waals surface area contributed by atoms with Gasteiger partial charge in [-0.15, -0.1) is 0 Å². The average Bonchev–Trinajstić information content (AvgIpc) is 2.90. The maximum atomic E-state index is 11.8. The van der Waals surface area contributed by atoms with E-state index in [9.17, 15) is 4.79 Å². The summed E-state index contributed by atoms with van der Waals surface area (Å²) in [6, 6.07) is 3.56. The van der Waals surface area contributed by atoms with Crippen LogP contribution in [0.3, 0.4) is 0 Å². The molecule has 1 aromatic heterocycles. The van der Waals surface area contributed by atoms with E-state index in [1.54, 1.807) is 6.07 Å². The van der Waals surface area contributed by atoms with Crippen LogP contribution >= 0.6 is 0 Å².